The smallest absolute Gasteiger partial charge is 0.416 e. The van der Waals surface area contributed by atoms with Gasteiger partial charge in [0, 0.05) is 0 Å². The van der Waals surface area contributed by atoms with Crippen molar-refractivity contribution < 1.29 is 27.8 Å². The third kappa shape index (κ3) is 2.99. The molecule has 7 heteroatoms. The first-order valence-electron chi connectivity index (χ1n) is 4.96. The van der Waals surface area contributed by atoms with Crippen molar-refractivity contribution in [2.45, 2.75) is 18.3 Å². The maximum Gasteiger partial charge on any atom is 0.416 e. The summed E-state index contributed by atoms with van der Waals surface area (Å²) < 4.78 is 41.5. The molecule has 1 aromatic rings. The van der Waals surface area contributed by atoms with Gasteiger partial charge in [-0.15, -0.1) is 0 Å². The van der Waals surface area contributed by atoms with Crippen molar-refractivity contribution in [2.24, 2.45) is 5.73 Å². The van der Waals surface area contributed by atoms with E-state index in [0.717, 1.165) is 7.11 Å². The molecule has 0 aliphatic heterocycles. The molecule has 0 radical (unpaired) electrons. The number of methoxy groups -OCH3 is 1. The molecule has 0 spiro atoms. The van der Waals surface area contributed by atoms with Crippen molar-refractivity contribution in [1.82, 2.24) is 0 Å². The Kier molecular flexibility index (Phi) is 4.31. The number of carbonyl (C=O) groups is 1. The quantitative estimate of drug-likeness (QED) is 0.808. The fourth-order valence-electron chi connectivity index (χ4n) is 1.46. The number of ether oxygens (including phenoxy) is 1. The average molecular weight is 263 g/mol. The largest absolute Gasteiger partial charge is 0.465 e. The Hall–Kier alpha value is -1.60. The lowest BCUT2D eigenvalue weighted by Crippen LogP contribution is -2.39. The topological polar surface area (TPSA) is 72.5 Å². The van der Waals surface area contributed by atoms with Crippen LogP contribution in [0.3, 0.4) is 0 Å². The van der Waals surface area contributed by atoms with Gasteiger partial charge in [0.15, 0.2) is 6.10 Å². The van der Waals surface area contributed by atoms with E-state index in [-0.39, 0.29) is 11.1 Å². The highest BCUT2D eigenvalue weighted by atomic mass is 19.4. The van der Waals surface area contributed by atoms with Crippen LogP contribution in [-0.4, -0.2) is 30.5 Å². The highest BCUT2D eigenvalue weighted by Crippen LogP contribution is 2.30. The number of rotatable bonds is 3. The monoisotopic (exact) mass is 263 g/mol. The predicted molar refractivity (Wildman–Crippen MR) is 56.8 cm³/mol. The van der Waals surface area contributed by atoms with Gasteiger partial charge in [-0.2, -0.15) is 13.2 Å². The van der Waals surface area contributed by atoms with Crippen LogP contribution >= 0.6 is 0 Å². The minimum absolute atomic E-state index is 0.101. The van der Waals surface area contributed by atoms with Crippen LogP contribution in [0.25, 0.3) is 0 Å². The SMILES string of the molecule is COC(=O)c1ccccc1[C@H](N)[C@H](O)C(F)(F)F. The molecule has 0 aromatic heterocycles. The van der Waals surface area contributed by atoms with Crippen molar-refractivity contribution in [2.75, 3.05) is 7.11 Å². The molecule has 0 unspecified atom stereocenters. The first kappa shape index (κ1) is 14.5. The fraction of sp³-hybridized carbons (Fsp3) is 0.364. The van der Waals surface area contributed by atoms with Crippen LogP contribution in [-0.2, 0) is 4.74 Å². The second-order valence-corrected chi connectivity index (χ2v) is 3.59. The molecule has 0 heterocycles. The summed E-state index contributed by atoms with van der Waals surface area (Å²) in [7, 11) is 1.10. The van der Waals surface area contributed by atoms with Gasteiger partial charge in [0.05, 0.1) is 18.7 Å². The van der Waals surface area contributed by atoms with Crippen molar-refractivity contribution in [3.8, 4) is 0 Å². The van der Waals surface area contributed by atoms with Gasteiger partial charge < -0.3 is 15.6 Å². The molecular weight excluding hydrogens is 251 g/mol. The van der Waals surface area contributed by atoms with Gasteiger partial charge >= 0.3 is 12.1 Å². The Balaban J connectivity index is 3.13. The molecule has 0 fully saturated rings. The number of hydrogen-bond acceptors (Lipinski definition) is 4. The van der Waals surface area contributed by atoms with Crippen LogP contribution < -0.4 is 5.73 Å². The molecule has 0 bridgehead atoms. The third-order valence-electron chi connectivity index (χ3n) is 2.40. The number of carbonyl (C=O) groups excluding carboxylic acids is 1. The predicted octanol–water partition coefficient (Wildman–Crippen LogP) is 1.40. The minimum atomic E-state index is -4.86. The highest BCUT2D eigenvalue weighted by molar-refractivity contribution is 5.91. The van der Waals surface area contributed by atoms with E-state index < -0.39 is 24.3 Å². The Morgan fingerprint density at radius 3 is 2.44 bits per heavy atom. The minimum Gasteiger partial charge on any atom is -0.465 e. The Morgan fingerprint density at radius 2 is 1.94 bits per heavy atom. The molecule has 18 heavy (non-hydrogen) atoms. The zero-order chi connectivity index (χ0) is 13.9. The summed E-state index contributed by atoms with van der Waals surface area (Å²) in [5, 5.41) is 9.08. The molecular formula is C11H12F3NO3. The number of esters is 1. The van der Waals surface area contributed by atoms with Crippen molar-refractivity contribution >= 4 is 5.97 Å². The number of aliphatic hydroxyl groups is 1. The van der Waals surface area contributed by atoms with Crippen LogP contribution in [0.5, 0.6) is 0 Å². The average Bonchev–Trinajstić information content (AvgIpc) is 2.35. The van der Waals surface area contributed by atoms with Crippen LogP contribution in [0.15, 0.2) is 24.3 Å². The Labute approximate surface area is 101 Å². The molecule has 0 aliphatic carbocycles. The summed E-state index contributed by atoms with van der Waals surface area (Å²) in [6, 6.07) is 3.66. The Morgan fingerprint density at radius 1 is 1.39 bits per heavy atom. The maximum atomic E-state index is 12.4. The van der Waals surface area contributed by atoms with Crippen LogP contribution in [0, 0.1) is 0 Å². The van der Waals surface area contributed by atoms with E-state index in [9.17, 15) is 18.0 Å². The second-order valence-electron chi connectivity index (χ2n) is 3.59. The van der Waals surface area contributed by atoms with Crippen LogP contribution in [0.1, 0.15) is 22.0 Å². The molecule has 0 saturated carbocycles. The van der Waals surface area contributed by atoms with E-state index in [0.29, 0.717) is 0 Å². The lowest BCUT2D eigenvalue weighted by Gasteiger charge is -2.23. The van der Waals surface area contributed by atoms with Gasteiger partial charge in [-0.25, -0.2) is 4.79 Å². The Bertz CT molecular complexity index is 434. The number of aliphatic hydroxyl groups excluding tert-OH is 1. The number of benzene rings is 1. The second kappa shape index (κ2) is 5.36. The van der Waals surface area contributed by atoms with E-state index in [2.05, 4.69) is 4.74 Å². The van der Waals surface area contributed by atoms with Gasteiger partial charge in [-0.05, 0) is 11.6 Å². The van der Waals surface area contributed by atoms with Gasteiger partial charge in [0.2, 0.25) is 0 Å². The highest BCUT2D eigenvalue weighted by Gasteiger charge is 2.43. The molecule has 0 saturated heterocycles. The van der Waals surface area contributed by atoms with E-state index in [1.54, 1.807) is 0 Å². The molecule has 0 aliphatic rings. The van der Waals surface area contributed by atoms with Crippen molar-refractivity contribution in [3.05, 3.63) is 35.4 Å². The molecule has 3 N–H and O–H groups in total. The lowest BCUT2D eigenvalue weighted by molar-refractivity contribution is -0.210. The van der Waals surface area contributed by atoms with E-state index >= 15 is 0 Å². The van der Waals surface area contributed by atoms with E-state index in [1.165, 1.54) is 24.3 Å². The standard InChI is InChI=1S/C11H12F3NO3/c1-18-10(17)7-5-3-2-4-6(7)8(15)9(16)11(12,13)14/h2-5,8-9,16H,15H2,1H3/t8-,9-/m0/s1. The van der Waals surface area contributed by atoms with Crippen molar-refractivity contribution in [1.29, 1.82) is 0 Å². The summed E-state index contributed by atoms with van der Waals surface area (Å²) in [6.45, 7) is 0. The van der Waals surface area contributed by atoms with Gasteiger partial charge in [0.1, 0.15) is 0 Å². The molecule has 2 atom stereocenters. The first-order valence-corrected chi connectivity index (χ1v) is 4.96. The van der Waals surface area contributed by atoms with Gasteiger partial charge in [0.25, 0.3) is 0 Å². The summed E-state index contributed by atoms with van der Waals surface area (Å²) in [4.78, 5) is 11.4. The summed E-state index contributed by atoms with van der Waals surface area (Å²) in [6.07, 6.45) is -7.61. The fourth-order valence-corrected chi connectivity index (χ4v) is 1.46. The summed E-state index contributed by atoms with van der Waals surface area (Å²) in [5.41, 5.74) is 5.12. The molecule has 100 valence electrons. The van der Waals surface area contributed by atoms with Crippen LogP contribution in [0.2, 0.25) is 0 Å². The molecule has 4 nitrogen and oxygen atoms in total. The zero-order valence-electron chi connectivity index (χ0n) is 9.44. The summed E-state index contributed by atoms with van der Waals surface area (Å²) in [5.74, 6) is -0.810. The van der Waals surface area contributed by atoms with Gasteiger partial charge in [-0.1, -0.05) is 18.2 Å². The number of halogens is 3. The van der Waals surface area contributed by atoms with E-state index in [1.807, 2.05) is 0 Å². The third-order valence-corrected chi connectivity index (χ3v) is 2.40. The van der Waals surface area contributed by atoms with Crippen molar-refractivity contribution in [3.63, 3.8) is 0 Å². The lowest BCUT2D eigenvalue weighted by atomic mass is 9.96. The summed E-state index contributed by atoms with van der Waals surface area (Å²) >= 11 is 0. The maximum absolute atomic E-state index is 12.4. The normalized spacial score (nSPS) is 15.0. The molecule has 1 rings (SSSR count). The molecule has 1 aromatic carbocycles. The molecule has 0 amide bonds. The zero-order valence-corrected chi connectivity index (χ0v) is 9.44. The number of nitrogens with two attached hydrogens (primary N) is 1. The van der Waals surface area contributed by atoms with Gasteiger partial charge in [-0.3, -0.25) is 0 Å². The van der Waals surface area contributed by atoms with E-state index in [4.69, 9.17) is 10.8 Å². The number of hydrogen-bond donors (Lipinski definition) is 2. The number of alkyl halides is 3. The van der Waals surface area contributed by atoms with Crippen LogP contribution in [0.4, 0.5) is 13.2 Å². The first-order chi connectivity index (χ1) is 8.29.